The summed E-state index contributed by atoms with van der Waals surface area (Å²) in [6, 6.07) is 18.0. The van der Waals surface area contributed by atoms with Crippen LogP contribution in [0.1, 0.15) is 76.7 Å². The lowest BCUT2D eigenvalue weighted by Gasteiger charge is -2.53. The van der Waals surface area contributed by atoms with Crippen molar-refractivity contribution in [3.8, 4) is 0 Å². The quantitative estimate of drug-likeness (QED) is 0.155. The number of hydrogen-bond acceptors (Lipinski definition) is 10. The SMILES string of the molecule is CC(C)[C@]12O[C@H]1[C@@H]1O[C@]13[C@]1(O[C@H]1C[C@H]1C4=C(CC[C@@]13C)C(=O)O/C4=C(/OC(=O)c1ccccc1)c1ccccc1)[C@@H]2OC(=O)OC(C)(C)C. The second kappa shape index (κ2) is 9.83. The minimum atomic E-state index is -0.940. The number of allylic oxidation sites excluding steroid dienone is 1. The molecule has 9 rings (SSSR count). The van der Waals surface area contributed by atoms with E-state index in [0.29, 0.717) is 36.0 Å². The van der Waals surface area contributed by atoms with Gasteiger partial charge in [-0.2, -0.15) is 0 Å². The van der Waals surface area contributed by atoms with Crippen molar-refractivity contribution < 1.29 is 47.5 Å². The van der Waals surface area contributed by atoms with Gasteiger partial charge in [0.2, 0.25) is 0 Å². The highest BCUT2D eigenvalue weighted by Crippen LogP contribution is 2.83. The highest BCUT2D eigenvalue weighted by atomic mass is 16.8. The van der Waals surface area contributed by atoms with Crippen LogP contribution in [-0.2, 0) is 38.0 Å². The van der Waals surface area contributed by atoms with E-state index >= 15 is 0 Å². The number of fused-ring (bicyclic) bond motifs is 4. The Morgan fingerprint density at radius 3 is 2.24 bits per heavy atom. The number of ether oxygens (including phenoxy) is 7. The van der Waals surface area contributed by atoms with Crippen LogP contribution in [0.25, 0.3) is 5.76 Å². The Morgan fingerprint density at radius 1 is 0.918 bits per heavy atom. The van der Waals surface area contributed by atoms with Crippen LogP contribution >= 0.6 is 0 Å². The first-order chi connectivity index (χ1) is 23.3. The van der Waals surface area contributed by atoms with Gasteiger partial charge in [-0.3, -0.25) is 0 Å². The molecule has 256 valence electrons. The van der Waals surface area contributed by atoms with Crippen molar-refractivity contribution in [2.75, 3.05) is 0 Å². The fourth-order valence-corrected chi connectivity index (χ4v) is 9.88. The van der Waals surface area contributed by atoms with Gasteiger partial charge in [0.1, 0.15) is 29.0 Å². The molecule has 4 aliphatic heterocycles. The van der Waals surface area contributed by atoms with Gasteiger partial charge in [0.25, 0.3) is 0 Å². The van der Waals surface area contributed by atoms with Crippen molar-refractivity contribution >= 4 is 23.9 Å². The van der Waals surface area contributed by atoms with Gasteiger partial charge in [0, 0.05) is 22.1 Å². The summed E-state index contributed by atoms with van der Waals surface area (Å²) in [7, 11) is 0. The zero-order chi connectivity index (χ0) is 34.3. The van der Waals surface area contributed by atoms with Gasteiger partial charge in [-0.15, -0.1) is 0 Å². The molecular weight excluding hydrogens is 628 g/mol. The van der Waals surface area contributed by atoms with Crippen LogP contribution in [0.5, 0.6) is 0 Å². The molecule has 10 nitrogen and oxygen atoms in total. The standard InChI is InChI=1S/C39H40O10/c1-20(2)37-29(47-37)30-39(48-30)36(6)18-17-23-26(24(36)19-25-38(39,46-25)33(37)45-34(42)49-35(3,4)5)28(44-32(23)41)27(21-13-9-7-10-14-21)43-31(40)22-15-11-8-12-16-22/h7-16,20,24-25,29-30,33H,17-19H2,1-6H3/b28-27+/t24-,25-,29-,30-,33+,36-,37-,38+,39+/m0/s1. The highest BCUT2D eigenvalue weighted by molar-refractivity contribution is 5.99. The molecule has 3 saturated heterocycles. The molecule has 0 N–H and O–H groups in total. The van der Waals surface area contributed by atoms with Crippen molar-refractivity contribution in [2.45, 2.75) is 108 Å². The summed E-state index contributed by atoms with van der Waals surface area (Å²) in [5, 5.41) is 0. The summed E-state index contributed by atoms with van der Waals surface area (Å²) in [6.45, 7) is 11.7. The van der Waals surface area contributed by atoms with Crippen molar-refractivity contribution in [3.05, 3.63) is 88.7 Å². The largest absolute Gasteiger partial charge is 0.509 e. The third-order valence-corrected chi connectivity index (χ3v) is 12.1. The smallest absolute Gasteiger partial charge is 0.429 e. The van der Waals surface area contributed by atoms with Crippen LogP contribution < -0.4 is 0 Å². The number of rotatable bonds is 5. The highest BCUT2D eigenvalue weighted by Gasteiger charge is 3.01. The summed E-state index contributed by atoms with van der Waals surface area (Å²) in [4.78, 5) is 40.4. The molecule has 10 heteroatoms. The van der Waals surface area contributed by atoms with Crippen LogP contribution in [0.2, 0.25) is 0 Å². The number of benzene rings is 2. The molecule has 0 unspecified atom stereocenters. The van der Waals surface area contributed by atoms with Crippen molar-refractivity contribution in [3.63, 3.8) is 0 Å². The lowest BCUT2D eigenvalue weighted by molar-refractivity contribution is -0.133. The first kappa shape index (κ1) is 31.0. The Morgan fingerprint density at radius 2 is 1.59 bits per heavy atom. The molecule has 4 heterocycles. The molecule has 3 aliphatic carbocycles. The average Bonchev–Trinajstić information content (AvgIpc) is 3.98. The number of hydrogen-bond donors (Lipinski definition) is 0. The first-order valence-electron chi connectivity index (χ1n) is 17.2. The van der Waals surface area contributed by atoms with E-state index in [1.54, 1.807) is 45.0 Å². The van der Waals surface area contributed by atoms with Crippen LogP contribution in [0.3, 0.4) is 0 Å². The Hall–Kier alpha value is -3.99. The number of epoxide rings is 3. The molecule has 2 saturated carbocycles. The molecule has 0 bridgehead atoms. The van der Waals surface area contributed by atoms with E-state index in [0.717, 1.165) is 5.57 Å². The maximum atomic E-state index is 13.6. The molecule has 0 amide bonds. The van der Waals surface area contributed by atoms with E-state index in [2.05, 4.69) is 20.8 Å². The van der Waals surface area contributed by atoms with Gasteiger partial charge in [0.05, 0.1) is 11.7 Å². The lowest BCUT2D eigenvalue weighted by atomic mass is 9.46. The number of carbonyl (C=O) groups excluding carboxylic acids is 3. The van der Waals surface area contributed by atoms with E-state index in [4.69, 9.17) is 33.2 Å². The van der Waals surface area contributed by atoms with E-state index in [-0.39, 0.29) is 41.7 Å². The minimum absolute atomic E-state index is 0.0145. The maximum absolute atomic E-state index is 13.6. The molecule has 2 aromatic rings. The number of esters is 2. The fraction of sp³-hybridized carbons (Fsp3) is 0.513. The van der Waals surface area contributed by atoms with Gasteiger partial charge in [-0.05, 0) is 64.0 Å². The van der Waals surface area contributed by atoms with Crippen LogP contribution in [0.15, 0.2) is 77.6 Å². The fourth-order valence-electron chi connectivity index (χ4n) is 9.88. The number of cyclic esters (lactones) is 1. The average molecular weight is 669 g/mol. The van der Waals surface area contributed by atoms with E-state index < -0.39 is 52.0 Å². The zero-order valence-electron chi connectivity index (χ0n) is 28.4. The van der Waals surface area contributed by atoms with Crippen LogP contribution in [-0.4, -0.2) is 64.9 Å². The van der Waals surface area contributed by atoms with Crippen molar-refractivity contribution in [2.24, 2.45) is 17.3 Å². The Kier molecular flexibility index (Phi) is 6.22. The topological polar surface area (TPSA) is 126 Å². The Balaban J connectivity index is 1.14. The summed E-state index contributed by atoms with van der Waals surface area (Å²) in [5.74, 6) is -0.779. The van der Waals surface area contributed by atoms with E-state index in [9.17, 15) is 14.4 Å². The lowest BCUT2D eigenvalue weighted by Crippen LogP contribution is -2.70. The van der Waals surface area contributed by atoms with Crippen molar-refractivity contribution in [1.29, 1.82) is 0 Å². The normalized spacial score (nSPS) is 40.0. The minimum Gasteiger partial charge on any atom is -0.429 e. The summed E-state index contributed by atoms with van der Waals surface area (Å²) in [6.07, 6.45) is -0.838. The Labute approximate surface area is 284 Å². The third-order valence-electron chi connectivity index (χ3n) is 12.1. The molecule has 2 aromatic carbocycles. The predicted octanol–water partition coefficient (Wildman–Crippen LogP) is 6.29. The molecule has 9 atom stereocenters. The Bertz CT molecular complexity index is 1860. The van der Waals surface area contributed by atoms with Gasteiger partial charge in [0.15, 0.2) is 23.2 Å². The van der Waals surface area contributed by atoms with E-state index in [1.165, 1.54) is 0 Å². The van der Waals surface area contributed by atoms with Crippen LogP contribution in [0, 0.1) is 17.3 Å². The number of carbonyl (C=O) groups is 3. The molecule has 2 spiro atoms. The molecule has 5 fully saturated rings. The third kappa shape index (κ3) is 3.96. The summed E-state index contributed by atoms with van der Waals surface area (Å²) in [5.41, 5.74) is -1.56. The molecule has 7 aliphatic rings. The second-order valence-corrected chi connectivity index (χ2v) is 16.0. The van der Waals surface area contributed by atoms with Gasteiger partial charge >= 0.3 is 18.1 Å². The molecular formula is C39H40O10. The first-order valence-corrected chi connectivity index (χ1v) is 17.2. The van der Waals surface area contributed by atoms with E-state index in [1.807, 2.05) is 36.4 Å². The monoisotopic (exact) mass is 668 g/mol. The summed E-state index contributed by atoms with van der Waals surface area (Å²) < 4.78 is 44.3. The maximum Gasteiger partial charge on any atom is 0.509 e. The molecule has 0 radical (unpaired) electrons. The molecule has 0 aromatic heterocycles. The predicted molar refractivity (Wildman–Crippen MR) is 173 cm³/mol. The second-order valence-electron chi connectivity index (χ2n) is 16.0. The van der Waals surface area contributed by atoms with Crippen molar-refractivity contribution in [1.82, 2.24) is 0 Å². The zero-order valence-corrected chi connectivity index (χ0v) is 28.4. The van der Waals surface area contributed by atoms with Gasteiger partial charge < -0.3 is 33.2 Å². The van der Waals surface area contributed by atoms with Crippen LogP contribution in [0.4, 0.5) is 4.79 Å². The van der Waals surface area contributed by atoms with Gasteiger partial charge in [-0.1, -0.05) is 69.3 Å². The molecule has 49 heavy (non-hydrogen) atoms. The summed E-state index contributed by atoms with van der Waals surface area (Å²) >= 11 is 0. The van der Waals surface area contributed by atoms with Gasteiger partial charge in [-0.25, -0.2) is 14.4 Å².